The summed E-state index contributed by atoms with van der Waals surface area (Å²) in [5.41, 5.74) is 6.44. The zero-order valence-electron chi connectivity index (χ0n) is 17.8. The van der Waals surface area contributed by atoms with Crippen LogP contribution in [0.2, 0.25) is 0 Å². The minimum atomic E-state index is -0.517. The number of pyridine rings is 1. The first kappa shape index (κ1) is 21.3. The van der Waals surface area contributed by atoms with Crippen LogP contribution in [0.25, 0.3) is 11.0 Å². The molecule has 3 N–H and O–H groups in total. The number of rotatable bonds is 5. The topological polar surface area (TPSA) is 121 Å². The van der Waals surface area contributed by atoms with Crippen LogP contribution in [0.5, 0.6) is 5.75 Å². The predicted octanol–water partition coefficient (Wildman–Crippen LogP) is 2.27. The maximum atomic E-state index is 13.3. The van der Waals surface area contributed by atoms with Crippen LogP contribution in [0.4, 0.5) is 11.5 Å². The smallest absolute Gasteiger partial charge is 0.332 e. The normalized spacial score (nSPS) is 11.0. The molecule has 3 heterocycles. The van der Waals surface area contributed by atoms with Crippen molar-refractivity contribution in [3.63, 3.8) is 0 Å². The van der Waals surface area contributed by atoms with Gasteiger partial charge in [-0.15, -0.1) is 0 Å². The van der Waals surface area contributed by atoms with Gasteiger partial charge in [-0.2, -0.15) is 0 Å². The molecular weight excluding hydrogens is 430 g/mol. The quantitative estimate of drug-likeness (QED) is 0.448. The van der Waals surface area contributed by atoms with Crippen LogP contribution in [0.3, 0.4) is 0 Å². The van der Waals surface area contributed by atoms with Crippen molar-refractivity contribution < 1.29 is 9.53 Å². The summed E-state index contributed by atoms with van der Waals surface area (Å²) in [5.74, 6) is 0.419. The van der Waals surface area contributed by atoms with E-state index in [4.69, 9.17) is 10.5 Å². The number of hydrogen-bond acceptors (Lipinski definition) is 6. The second kappa shape index (κ2) is 8.31. The summed E-state index contributed by atoms with van der Waals surface area (Å²) in [6.07, 6.45) is 0. The van der Waals surface area contributed by atoms with Gasteiger partial charge in [0.2, 0.25) is 0 Å². The molecule has 0 atom stereocenters. The predicted molar refractivity (Wildman–Crippen MR) is 126 cm³/mol. The van der Waals surface area contributed by atoms with Gasteiger partial charge in [-0.05, 0) is 34.7 Å². The maximum Gasteiger partial charge on any atom is 0.332 e. The van der Waals surface area contributed by atoms with E-state index in [2.05, 4.69) is 10.3 Å². The van der Waals surface area contributed by atoms with Gasteiger partial charge < -0.3 is 15.8 Å². The molecule has 1 aromatic carbocycles. The number of methoxy groups -OCH3 is 1. The lowest BCUT2D eigenvalue weighted by Crippen LogP contribution is -2.38. The third kappa shape index (κ3) is 3.65. The molecule has 9 nitrogen and oxygen atoms in total. The number of aromatic nitrogens is 3. The zero-order valence-corrected chi connectivity index (χ0v) is 18.6. The van der Waals surface area contributed by atoms with E-state index in [1.807, 2.05) is 22.9 Å². The first-order chi connectivity index (χ1) is 15.3. The fraction of sp³-hybridized carbons (Fsp3) is 0.182. The summed E-state index contributed by atoms with van der Waals surface area (Å²) in [4.78, 5) is 43.2. The number of nitrogens with one attached hydrogen (secondary N) is 1. The number of carbonyl (C=O) groups excluding carboxylic acids is 1. The first-order valence-corrected chi connectivity index (χ1v) is 11.2. The van der Waals surface area contributed by atoms with E-state index in [0.717, 1.165) is 4.57 Å². The van der Waals surface area contributed by atoms with Gasteiger partial charge in [0, 0.05) is 31.4 Å². The first-order valence-electron chi connectivity index (χ1n) is 9.68. The van der Waals surface area contributed by atoms with Gasteiger partial charge in [0.05, 0.1) is 18.1 Å². The van der Waals surface area contributed by atoms with Crippen molar-refractivity contribution in [3.8, 4) is 5.75 Å². The summed E-state index contributed by atoms with van der Waals surface area (Å²) < 4.78 is 7.49. The average molecular weight is 453 g/mol. The molecule has 0 aliphatic carbocycles. The van der Waals surface area contributed by atoms with Crippen molar-refractivity contribution in [2.24, 2.45) is 14.1 Å². The van der Waals surface area contributed by atoms with Crippen molar-refractivity contribution in [2.45, 2.75) is 5.75 Å². The number of amides is 1. The molecule has 32 heavy (non-hydrogen) atoms. The number of benzene rings is 1. The van der Waals surface area contributed by atoms with Crippen molar-refractivity contribution in [1.82, 2.24) is 14.1 Å². The zero-order chi connectivity index (χ0) is 23.0. The van der Waals surface area contributed by atoms with Crippen LogP contribution in [0, 0.1) is 0 Å². The van der Waals surface area contributed by atoms with Crippen LogP contribution in [-0.2, 0) is 19.8 Å². The summed E-state index contributed by atoms with van der Waals surface area (Å²) in [7, 11) is 4.13. The minimum Gasteiger partial charge on any atom is -0.497 e. The van der Waals surface area contributed by atoms with E-state index in [1.54, 1.807) is 24.3 Å². The fourth-order valence-corrected chi connectivity index (χ4v) is 5.06. The number of fused-ring (bicyclic) bond motifs is 1. The highest BCUT2D eigenvalue weighted by molar-refractivity contribution is 7.27. The van der Waals surface area contributed by atoms with Gasteiger partial charge in [-0.25, -0.2) is 9.78 Å². The Morgan fingerprint density at radius 2 is 1.88 bits per heavy atom. The molecule has 0 aliphatic heterocycles. The Labute approximate surface area is 185 Å². The van der Waals surface area contributed by atoms with Crippen molar-refractivity contribution >= 4 is 38.9 Å². The molecule has 0 fully saturated rings. The third-order valence-corrected chi connectivity index (χ3v) is 6.84. The van der Waals surface area contributed by atoms with Gasteiger partial charge in [0.15, 0.2) is 11.4 Å². The number of anilines is 2. The molecule has 0 radical (unpaired) electrons. The van der Waals surface area contributed by atoms with Crippen LogP contribution < -0.4 is 27.0 Å². The van der Waals surface area contributed by atoms with Gasteiger partial charge >= 0.3 is 5.69 Å². The largest absolute Gasteiger partial charge is 0.497 e. The lowest BCUT2D eigenvalue weighted by molar-refractivity contribution is 0.102. The SMILES string of the molecule is COc1cccc(NC(=O)c2c(N)nc3c(c2C[s+]2cccc2)c(=O)n(C)c(=O)n3C)c1. The number of thiophene rings is 1. The lowest BCUT2D eigenvalue weighted by Gasteiger charge is -2.15. The number of ether oxygens (including phenoxy) is 1. The van der Waals surface area contributed by atoms with Gasteiger partial charge in [-0.3, -0.25) is 18.7 Å². The van der Waals surface area contributed by atoms with E-state index in [1.165, 1.54) is 25.8 Å². The lowest BCUT2D eigenvalue weighted by atomic mass is 10.1. The second-order valence-electron chi connectivity index (χ2n) is 7.21. The number of carbonyl (C=O) groups is 1. The Balaban J connectivity index is 1.96. The summed E-state index contributed by atoms with van der Waals surface area (Å²) in [6.45, 7) is 0. The molecule has 0 saturated heterocycles. The highest BCUT2D eigenvalue weighted by atomic mass is 32.2. The second-order valence-corrected chi connectivity index (χ2v) is 8.98. The molecule has 3 aromatic heterocycles. The number of nitrogen functional groups attached to an aromatic ring is 1. The van der Waals surface area contributed by atoms with Crippen LogP contribution >= 0.6 is 10.5 Å². The van der Waals surface area contributed by atoms with Gasteiger partial charge in [0.1, 0.15) is 22.3 Å². The number of hydrogen-bond donors (Lipinski definition) is 2. The summed E-state index contributed by atoms with van der Waals surface area (Å²) in [5, 5.41) is 7.02. The molecule has 10 heteroatoms. The number of nitrogens with zero attached hydrogens (tertiary/aromatic N) is 3. The molecule has 164 valence electrons. The summed E-state index contributed by atoms with van der Waals surface area (Å²) in [6, 6.07) is 10.7. The van der Waals surface area contributed by atoms with E-state index < -0.39 is 17.2 Å². The Morgan fingerprint density at radius 3 is 2.56 bits per heavy atom. The molecule has 4 rings (SSSR count). The van der Waals surface area contributed by atoms with Crippen molar-refractivity contribution in [2.75, 3.05) is 18.2 Å². The maximum absolute atomic E-state index is 13.3. The van der Waals surface area contributed by atoms with E-state index >= 15 is 0 Å². The monoisotopic (exact) mass is 452 g/mol. The van der Waals surface area contributed by atoms with Crippen molar-refractivity contribution in [1.29, 1.82) is 0 Å². The molecule has 0 spiro atoms. The fourth-order valence-electron chi connectivity index (χ4n) is 3.57. The Kier molecular flexibility index (Phi) is 5.54. The Morgan fingerprint density at radius 1 is 1.16 bits per heavy atom. The molecular formula is C22H22N5O4S+. The van der Waals surface area contributed by atoms with Crippen LogP contribution in [0.15, 0.2) is 56.7 Å². The standard InChI is InChI=1S/C22H21N5O4S/c1-26-19-17(21(29)27(2)22(26)30)15(12-32-9-4-5-10-32)16(18(23)25-19)20(28)24-13-7-6-8-14(11-13)31-3/h4-11H,12H2,1-3H3,(H2-,23,24,25,28,29)/p+1. The number of aryl methyl sites for hydroxylation is 1. The molecule has 0 aliphatic rings. The van der Waals surface area contributed by atoms with E-state index in [9.17, 15) is 14.4 Å². The Hall–Kier alpha value is -3.92. The minimum absolute atomic E-state index is 0.0492. The van der Waals surface area contributed by atoms with Crippen molar-refractivity contribution in [3.05, 3.63) is 79.1 Å². The molecule has 0 bridgehead atoms. The number of nitrogens with two attached hydrogens (primary N) is 1. The van der Waals surface area contributed by atoms with E-state index in [-0.39, 0.29) is 32.9 Å². The highest BCUT2D eigenvalue weighted by Gasteiger charge is 2.27. The van der Waals surface area contributed by atoms with Crippen LogP contribution in [-0.4, -0.2) is 27.1 Å². The van der Waals surface area contributed by atoms with Crippen LogP contribution in [0.1, 0.15) is 15.9 Å². The van der Waals surface area contributed by atoms with Gasteiger partial charge in [0.25, 0.3) is 11.5 Å². The highest BCUT2D eigenvalue weighted by Crippen LogP contribution is 2.31. The molecule has 0 saturated carbocycles. The van der Waals surface area contributed by atoms with E-state index in [0.29, 0.717) is 22.8 Å². The third-order valence-electron chi connectivity index (χ3n) is 5.20. The average Bonchev–Trinajstić information content (AvgIpc) is 3.29. The van der Waals surface area contributed by atoms with Gasteiger partial charge in [-0.1, -0.05) is 6.07 Å². The molecule has 0 unspecified atom stereocenters. The molecule has 1 amide bonds. The molecule has 4 aromatic rings. The Bertz CT molecular complexity index is 1450. The summed E-state index contributed by atoms with van der Waals surface area (Å²) >= 11 is 0.